The van der Waals surface area contributed by atoms with Gasteiger partial charge in [0.05, 0.1) is 6.42 Å². The van der Waals surface area contributed by atoms with Crippen LogP contribution in [0.25, 0.3) is 0 Å². The number of hydrogen-bond acceptors (Lipinski definition) is 4. The lowest BCUT2D eigenvalue weighted by molar-refractivity contribution is -0.120. The number of nitrogens with zero attached hydrogens (tertiary/aromatic N) is 2. The highest BCUT2D eigenvalue weighted by atomic mass is 35.5. The maximum absolute atomic E-state index is 12.1. The molecule has 0 unspecified atom stereocenters. The quantitative estimate of drug-likeness (QED) is 0.609. The van der Waals surface area contributed by atoms with Crippen LogP contribution in [0.1, 0.15) is 43.5 Å². The highest BCUT2D eigenvalue weighted by molar-refractivity contribution is 6.31. The number of ether oxygens (including phenoxy) is 1. The molecule has 0 radical (unpaired) electrons. The molecule has 152 valence electrons. The first-order valence-corrected chi connectivity index (χ1v) is 9.82. The van der Waals surface area contributed by atoms with Gasteiger partial charge in [0.15, 0.2) is 11.6 Å². The fourth-order valence-electron chi connectivity index (χ4n) is 2.72. The van der Waals surface area contributed by atoms with Crippen molar-refractivity contribution < 1.29 is 9.53 Å². The van der Waals surface area contributed by atoms with Crippen molar-refractivity contribution in [3.63, 3.8) is 0 Å². The molecule has 0 spiro atoms. The van der Waals surface area contributed by atoms with Crippen molar-refractivity contribution in [3.05, 3.63) is 76.3 Å². The lowest BCUT2D eigenvalue weighted by Crippen LogP contribution is -2.25. The summed E-state index contributed by atoms with van der Waals surface area (Å²) in [4.78, 5) is 16.4. The van der Waals surface area contributed by atoms with E-state index in [1.807, 2.05) is 30.3 Å². The van der Waals surface area contributed by atoms with Gasteiger partial charge in [0.1, 0.15) is 12.4 Å². The van der Waals surface area contributed by atoms with E-state index in [1.54, 1.807) is 6.07 Å². The summed E-state index contributed by atoms with van der Waals surface area (Å²) in [7, 11) is 0. The van der Waals surface area contributed by atoms with Crippen LogP contribution < -0.4 is 10.1 Å². The lowest BCUT2D eigenvalue weighted by atomic mass is 9.87. The molecule has 2 N–H and O–H groups in total. The average Bonchev–Trinajstić information content (AvgIpc) is 3.12. The summed E-state index contributed by atoms with van der Waals surface area (Å²) in [5.41, 5.74) is 2.21. The second-order valence-electron chi connectivity index (χ2n) is 7.81. The minimum atomic E-state index is -0.172. The van der Waals surface area contributed by atoms with Gasteiger partial charge in [-0.1, -0.05) is 62.7 Å². The number of H-pyrrole nitrogens is 1. The summed E-state index contributed by atoms with van der Waals surface area (Å²) >= 11 is 6.09. The van der Waals surface area contributed by atoms with Crippen LogP contribution >= 0.6 is 11.6 Å². The number of benzene rings is 2. The van der Waals surface area contributed by atoms with E-state index in [1.165, 1.54) is 5.56 Å². The molecule has 3 aromatic rings. The van der Waals surface area contributed by atoms with Crippen molar-refractivity contribution in [3.8, 4) is 5.75 Å². The highest BCUT2D eigenvalue weighted by Gasteiger charge is 2.13. The number of nitrogens with one attached hydrogen (secondary N) is 2. The van der Waals surface area contributed by atoms with E-state index in [0.717, 1.165) is 11.3 Å². The van der Waals surface area contributed by atoms with Crippen molar-refractivity contribution in [2.75, 3.05) is 0 Å². The highest BCUT2D eigenvalue weighted by Crippen LogP contribution is 2.24. The van der Waals surface area contributed by atoms with Crippen LogP contribution in [0.3, 0.4) is 0 Å². The topological polar surface area (TPSA) is 79.9 Å². The molecule has 3 rings (SSSR count). The molecule has 0 aliphatic heterocycles. The van der Waals surface area contributed by atoms with Gasteiger partial charge >= 0.3 is 0 Å². The smallest absolute Gasteiger partial charge is 0.228 e. The van der Waals surface area contributed by atoms with E-state index >= 15 is 0 Å². The molecule has 0 aliphatic rings. The van der Waals surface area contributed by atoms with Gasteiger partial charge < -0.3 is 10.1 Å². The first-order valence-electron chi connectivity index (χ1n) is 9.45. The second kappa shape index (κ2) is 9.09. The molecule has 0 aliphatic carbocycles. The Morgan fingerprint density at radius 2 is 1.86 bits per heavy atom. The van der Waals surface area contributed by atoms with Crippen molar-refractivity contribution in [1.82, 2.24) is 20.5 Å². The van der Waals surface area contributed by atoms with Crippen molar-refractivity contribution in [1.29, 1.82) is 0 Å². The second-order valence-corrected chi connectivity index (χ2v) is 8.21. The molecule has 0 saturated heterocycles. The number of rotatable bonds is 7. The summed E-state index contributed by atoms with van der Waals surface area (Å²) < 4.78 is 5.75. The molecule has 7 heteroatoms. The van der Waals surface area contributed by atoms with Gasteiger partial charge in [-0.3, -0.25) is 9.89 Å². The summed E-state index contributed by atoms with van der Waals surface area (Å²) in [6, 6.07) is 15.4. The van der Waals surface area contributed by atoms with Gasteiger partial charge in [0.25, 0.3) is 0 Å². The summed E-state index contributed by atoms with van der Waals surface area (Å²) in [5.74, 6) is 1.57. The number of halogens is 1. The minimum Gasteiger partial charge on any atom is -0.486 e. The van der Waals surface area contributed by atoms with Gasteiger partial charge in [-0.2, -0.15) is 5.10 Å². The van der Waals surface area contributed by atoms with E-state index in [9.17, 15) is 4.79 Å². The zero-order chi connectivity index (χ0) is 20.9. The molecule has 0 saturated carbocycles. The number of hydrogen-bond donors (Lipinski definition) is 2. The fourth-order valence-corrected chi connectivity index (χ4v) is 2.93. The normalized spacial score (nSPS) is 11.3. The van der Waals surface area contributed by atoms with Crippen LogP contribution in [-0.4, -0.2) is 21.1 Å². The van der Waals surface area contributed by atoms with Crippen LogP contribution in [0.5, 0.6) is 5.75 Å². The largest absolute Gasteiger partial charge is 0.486 e. The lowest BCUT2D eigenvalue weighted by Gasteiger charge is -2.19. The first-order chi connectivity index (χ1) is 13.8. The van der Waals surface area contributed by atoms with Crippen LogP contribution in [-0.2, 0) is 29.8 Å². The third kappa shape index (κ3) is 6.06. The number of aromatic nitrogens is 3. The van der Waals surface area contributed by atoms with Crippen LogP contribution in [0.15, 0.2) is 48.5 Å². The molecule has 2 aromatic carbocycles. The Hall–Kier alpha value is -2.86. The Bertz CT molecular complexity index is 961. The predicted octanol–water partition coefficient (Wildman–Crippen LogP) is 4.19. The summed E-state index contributed by atoms with van der Waals surface area (Å²) in [6.45, 7) is 7.13. The first kappa shape index (κ1) is 20.9. The Labute approximate surface area is 175 Å². The number of amides is 1. The van der Waals surface area contributed by atoms with E-state index in [0.29, 0.717) is 23.2 Å². The molecule has 1 heterocycles. The zero-order valence-electron chi connectivity index (χ0n) is 16.8. The van der Waals surface area contributed by atoms with Gasteiger partial charge in [-0.25, -0.2) is 4.98 Å². The molecule has 1 amide bonds. The van der Waals surface area contributed by atoms with E-state index in [4.69, 9.17) is 16.3 Å². The van der Waals surface area contributed by atoms with Crippen LogP contribution in [0.4, 0.5) is 0 Å². The molecule has 29 heavy (non-hydrogen) atoms. The Kier molecular flexibility index (Phi) is 6.54. The number of carbonyl (C=O) groups excluding carboxylic acids is 1. The van der Waals surface area contributed by atoms with Gasteiger partial charge in [-0.05, 0) is 34.7 Å². The summed E-state index contributed by atoms with van der Waals surface area (Å²) in [6.07, 6.45) is 0.0846. The molecule has 0 fully saturated rings. The molecule has 6 nitrogen and oxygen atoms in total. The van der Waals surface area contributed by atoms with E-state index in [2.05, 4.69) is 53.4 Å². The molecule has 0 bridgehead atoms. The predicted molar refractivity (Wildman–Crippen MR) is 113 cm³/mol. The molecule has 0 atom stereocenters. The fraction of sp³-hybridized carbons (Fsp3) is 0.318. The summed E-state index contributed by atoms with van der Waals surface area (Å²) in [5, 5.41) is 10.3. The maximum atomic E-state index is 12.1. The maximum Gasteiger partial charge on any atom is 0.228 e. The standard InChI is InChI=1S/C22H25ClN4O2/c1-22(2,3)16-8-10-17(11-9-16)29-14-20-25-19(26-27-20)12-21(28)24-13-15-6-4-5-7-18(15)23/h4-11H,12-14H2,1-3H3,(H,24,28)(H,25,26,27). The minimum absolute atomic E-state index is 0.0846. The van der Waals surface area contributed by atoms with E-state index in [-0.39, 0.29) is 24.3 Å². The zero-order valence-corrected chi connectivity index (χ0v) is 17.6. The number of aromatic amines is 1. The Morgan fingerprint density at radius 3 is 2.55 bits per heavy atom. The SMILES string of the molecule is CC(C)(C)c1ccc(OCc2nc(CC(=O)NCc3ccccc3Cl)n[nH]2)cc1. The van der Waals surface area contributed by atoms with Crippen molar-refractivity contribution >= 4 is 17.5 Å². The number of carbonyl (C=O) groups is 1. The molecular weight excluding hydrogens is 388 g/mol. The van der Waals surface area contributed by atoms with Crippen LogP contribution in [0.2, 0.25) is 5.02 Å². The van der Waals surface area contributed by atoms with Gasteiger partial charge in [0.2, 0.25) is 5.91 Å². The third-order valence-corrected chi connectivity index (χ3v) is 4.80. The van der Waals surface area contributed by atoms with Crippen molar-refractivity contribution in [2.24, 2.45) is 0 Å². The van der Waals surface area contributed by atoms with Gasteiger partial charge in [0, 0.05) is 11.6 Å². The Morgan fingerprint density at radius 1 is 1.14 bits per heavy atom. The Balaban J connectivity index is 1.48. The van der Waals surface area contributed by atoms with E-state index < -0.39 is 0 Å². The molecule has 1 aromatic heterocycles. The van der Waals surface area contributed by atoms with Gasteiger partial charge in [-0.15, -0.1) is 0 Å². The monoisotopic (exact) mass is 412 g/mol. The third-order valence-electron chi connectivity index (χ3n) is 4.43. The van der Waals surface area contributed by atoms with Crippen LogP contribution in [0, 0.1) is 0 Å². The van der Waals surface area contributed by atoms with Crippen molar-refractivity contribution in [2.45, 2.75) is 45.8 Å². The average molecular weight is 413 g/mol. The molecular formula is C22H25ClN4O2.